The average Bonchev–Trinajstić information content (AvgIpc) is 2.72. The first-order valence-electron chi connectivity index (χ1n) is 10.0. The van der Waals surface area contributed by atoms with Gasteiger partial charge in [0.1, 0.15) is 0 Å². The Balaban J connectivity index is 2.22. The lowest BCUT2D eigenvalue weighted by molar-refractivity contribution is 0.217. The first kappa shape index (κ1) is 20.0. The molecule has 0 aromatic carbocycles. The highest BCUT2D eigenvalue weighted by atomic mass is 15.1. The maximum atomic E-state index is 2.74. The molecule has 2 heteroatoms. The standard InChI is InChI=1S/C20H42N2/c1-19(2)11-9-15-22(18-12-20(3)4)17-10-16-21-13-7-5-6-8-14-21/h19-20H,5-18H2,1-4H3. The van der Waals surface area contributed by atoms with E-state index in [1.54, 1.807) is 0 Å². The van der Waals surface area contributed by atoms with Gasteiger partial charge in [-0.15, -0.1) is 0 Å². The van der Waals surface area contributed by atoms with Crippen LogP contribution in [0.4, 0.5) is 0 Å². The molecule has 0 bridgehead atoms. The zero-order valence-corrected chi connectivity index (χ0v) is 15.9. The van der Waals surface area contributed by atoms with E-state index in [4.69, 9.17) is 0 Å². The van der Waals surface area contributed by atoms with Crippen LogP contribution in [0.25, 0.3) is 0 Å². The summed E-state index contributed by atoms with van der Waals surface area (Å²) >= 11 is 0. The van der Waals surface area contributed by atoms with Crippen molar-refractivity contribution in [2.24, 2.45) is 11.8 Å². The third kappa shape index (κ3) is 10.6. The van der Waals surface area contributed by atoms with Gasteiger partial charge in [0, 0.05) is 0 Å². The van der Waals surface area contributed by atoms with Crippen LogP contribution in [0.15, 0.2) is 0 Å². The van der Waals surface area contributed by atoms with E-state index < -0.39 is 0 Å². The zero-order valence-electron chi connectivity index (χ0n) is 15.9. The van der Waals surface area contributed by atoms with E-state index >= 15 is 0 Å². The fourth-order valence-electron chi connectivity index (χ4n) is 3.38. The molecule has 0 aromatic rings. The van der Waals surface area contributed by atoms with Crippen LogP contribution >= 0.6 is 0 Å². The van der Waals surface area contributed by atoms with Crippen LogP contribution in [-0.2, 0) is 0 Å². The molecule has 2 nitrogen and oxygen atoms in total. The highest BCUT2D eigenvalue weighted by Gasteiger charge is 2.11. The summed E-state index contributed by atoms with van der Waals surface area (Å²) in [6.45, 7) is 17.3. The van der Waals surface area contributed by atoms with Gasteiger partial charge in [-0.25, -0.2) is 0 Å². The molecule has 0 atom stereocenters. The Kier molecular flexibility index (Phi) is 11.2. The van der Waals surface area contributed by atoms with Gasteiger partial charge in [-0.1, -0.05) is 40.5 Å². The molecule has 0 saturated carbocycles. The summed E-state index contributed by atoms with van der Waals surface area (Å²) in [7, 11) is 0. The summed E-state index contributed by atoms with van der Waals surface area (Å²) in [5.41, 5.74) is 0. The molecule has 132 valence electrons. The maximum absolute atomic E-state index is 2.74. The fourth-order valence-corrected chi connectivity index (χ4v) is 3.38. The number of hydrogen-bond donors (Lipinski definition) is 0. The average molecular weight is 311 g/mol. The van der Waals surface area contributed by atoms with Crippen molar-refractivity contribution in [3.8, 4) is 0 Å². The lowest BCUT2D eigenvalue weighted by Crippen LogP contribution is -2.32. The van der Waals surface area contributed by atoms with Gasteiger partial charge in [0.25, 0.3) is 0 Å². The van der Waals surface area contributed by atoms with Crippen LogP contribution < -0.4 is 0 Å². The number of hydrogen-bond acceptors (Lipinski definition) is 2. The third-order valence-electron chi connectivity index (χ3n) is 4.93. The Morgan fingerprint density at radius 1 is 0.727 bits per heavy atom. The Morgan fingerprint density at radius 2 is 1.32 bits per heavy atom. The molecule has 1 heterocycles. The van der Waals surface area contributed by atoms with Crippen molar-refractivity contribution in [3.05, 3.63) is 0 Å². The van der Waals surface area contributed by atoms with Crippen LogP contribution in [0.2, 0.25) is 0 Å². The van der Waals surface area contributed by atoms with Gasteiger partial charge in [0.05, 0.1) is 0 Å². The Bertz CT molecular complexity index is 242. The quantitative estimate of drug-likeness (QED) is 0.527. The molecule has 0 aromatic heterocycles. The topological polar surface area (TPSA) is 6.48 Å². The van der Waals surface area contributed by atoms with Gasteiger partial charge in [0.2, 0.25) is 0 Å². The number of nitrogens with zero attached hydrogens (tertiary/aromatic N) is 2. The molecule has 0 amide bonds. The van der Waals surface area contributed by atoms with Crippen molar-refractivity contribution >= 4 is 0 Å². The Hall–Kier alpha value is -0.0800. The first-order valence-corrected chi connectivity index (χ1v) is 10.0. The normalized spacial score (nSPS) is 17.6. The zero-order chi connectivity index (χ0) is 16.2. The minimum Gasteiger partial charge on any atom is -0.303 e. The van der Waals surface area contributed by atoms with E-state index in [0.29, 0.717) is 0 Å². The van der Waals surface area contributed by atoms with Gasteiger partial charge < -0.3 is 9.80 Å². The summed E-state index contributed by atoms with van der Waals surface area (Å²) in [4.78, 5) is 5.45. The predicted octanol–water partition coefficient (Wildman–Crippen LogP) is 5.04. The first-order chi connectivity index (χ1) is 10.6. The SMILES string of the molecule is CC(C)CCCN(CCCN1CCCCCC1)CCC(C)C. The Labute approximate surface area is 140 Å². The summed E-state index contributed by atoms with van der Waals surface area (Å²) in [5, 5.41) is 0. The second kappa shape index (κ2) is 12.4. The van der Waals surface area contributed by atoms with Crippen LogP contribution in [-0.4, -0.2) is 49.1 Å². The van der Waals surface area contributed by atoms with Gasteiger partial charge in [-0.05, 0) is 89.6 Å². The van der Waals surface area contributed by atoms with Crippen LogP contribution in [0.3, 0.4) is 0 Å². The minimum absolute atomic E-state index is 0.832. The van der Waals surface area contributed by atoms with Gasteiger partial charge in [-0.2, -0.15) is 0 Å². The van der Waals surface area contributed by atoms with Crippen LogP contribution in [0.5, 0.6) is 0 Å². The summed E-state index contributed by atoms with van der Waals surface area (Å²) in [6.07, 6.45) is 11.2. The fraction of sp³-hybridized carbons (Fsp3) is 1.00. The molecule has 0 aliphatic carbocycles. The van der Waals surface area contributed by atoms with E-state index in [-0.39, 0.29) is 0 Å². The highest BCUT2D eigenvalue weighted by molar-refractivity contribution is 4.66. The van der Waals surface area contributed by atoms with Gasteiger partial charge in [-0.3, -0.25) is 0 Å². The molecule has 1 rings (SSSR count). The molecular formula is C20H42N2. The van der Waals surface area contributed by atoms with E-state index in [0.717, 1.165) is 11.8 Å². The third-order valence-corrected chi connectivity index (χ3v) is 4.93. The lowest BCUT2D eigenvalue weighted by atomic mass is 10.1. The van der Waals surface area contributed by atoms with Crippen molar-refractivity contribution in [2.75, 3.05) is 39.3 Å². The van der Waals surface area contributed by atoms with Crippen molar-refractivity contribution in [1.29, 1.82) is 0 Å². The monoisotopic (exact) mass is 310 g/mol. The Morgan fingerprint density at radius 3 is 1.91 bits per heavy atom. The largest absolute Gasteiger partial charge is 0.303 e. The smallest absolute Gasteiger partial charge is 0.000655 e. The molecule has 0 spiro atoms. The summed E-state index contributed by atoms with van der Waals surface area (Å²) in [5.74, 6) is 1.68. The van der Waals surface area contributed by atoms with Crippen molar-refractivity contribution in [1.82, 2.24) is 9.80 Å². The lowest BCUT2D eigenvalue weighted by Gasteiger charge is -2.26. The van der Waals surface area contributed by atoms with Gasteiger partial charge in [0.15, 0.2) is 0 Å². The highest BCUT2D eigenvalue weighted by Crippen LogP contribution is 2.11. The molecule has 0 radical (unpaired) electrons. The van der Waals surface area contributed by atoms with Crippen molar-refractivity contribution in [3.63, 3.8) is 0 Å². The molecule has 1 aliphatic heterocycles. The van der Waals surface area contributed by atoms with E-state index in [1.165, 1.54) is 90.6 Å². The van der Waals surface area contributed by atoms with E-state index in [2.05, 4.69) is 37.5 Å². The van der Waals surface area contributed by atoms with Gasteiger partial charge >= 0.3 is 0 Å². The molecule has 1 saturated heterocycles. The van der Waals surface area contributed by atoms with Crippen LogP contribution in [0.1, 0.15) is 79.1 Å². The van der Waals surface area contributed by atoms with Crippen molar-refractivity contribution < 1.29 is 0 Å². The molecular weight excluding hydrogens is 268 g/mol. The molecule has 1 aliphatic rings. The van der Waals surface area contributed by atoms with E-state index in [9.17, 15) is 0 Å². The second-order valence-corrected chi connectivity index (χ2v) is 8.17. The molecule has 0 unspecified atom stereocenters. The predicted molar refractivity (Wildman–Crippen MR) is 99.5 cm³/mol. The van der Waals surface area contributed by atoms with E-state index in [1.807, 2.05) is 0 Å². The second-order valence-electron chi connectivity index (χ2n) is 8.17. The number of rotatable bonds is 11. The van der Waals surface area contributed by atoms with Crippen molar-refractivity contribution in [2.45, 2.75) is 79.1 Å². The molecule has 1 fully saturated rings. The molecule has 0 N–H and O–H groups in total. The maximum Gasteiger partial charge on any atom is -0.000655 e. The summed E-state index contributed by atoms with van der Waals surface area (Å²) in [6, 6.07) is 0. The molecule has 22 heavy (non-hydrogen) atoms. The van der Waals surface area contributed by atoms with Crippen LogP contribution in [0, 0.1) is 11.8 Å². The number of likely N-dealkylation sites (tertiary alicyclic amines) is 1. The summed E-state index contributed by atoms with van der Waals surface area (Å²) < 4.78 is 0. The minimum atomic E-state index is 0.832.